The number of hydrogen-bond acceptors (Lipinski definition) is 10. The SMILES string of the molecule is CCOC(=O)NC(=N)c1ccc(CCC(=O)[C@H](C)NC(=O)[C@@H]2CC[C@@H](c3ccccc3)C2)cc1.CCOC(=O)NC(=N)c1ccc(CCC(=O)[C@H](C)NC(=O)[C@@H]2CC[C@@H](c3ccccc3)C2)cc1. The van der Waals surface area contributed by atoms with E-state index in [4.69, 9.17) is 20.3 Å². The number of nitrogens with one attached hydrogen (secondary N) is 6. The summed E-state index contributed by atoms with van der Waals surface area (Å²) in [5.74, 6) is 0.543. The molecule has 6 rings (SSSR count). The van der Waals surface area contributed by atoms with Gasteiger partial charge in [-0.05, 0) is 113 Å². The van der Waals surface area contributed by atoms with Gasteiger partial charge in [0.05, 0.1) is 25.3 Å². The molecule has 0 aromatic heterocycles. The van der Waals surface area contributed by atoms with Gasteiger partial charge in [0.25, 0.3) is 0 Å². The molecule has 2 saturated carbocycles. The molecule has 6 N–H and O–H groups in total. The Morgan fingerprint density at radius 2 is 0.882 bits per heavy atom. The Bertz CT molecular complexity index is 2170. The molecular weight excluding hydrogens is 861 g/mol. The van der Waals surface area contributed by atoms with Crippen LogP contribution in [0.5, 0.6) is 0 Å². The Balaban J connectivity index is 0.000000254. The maximum Gasteiger partial charge on any atom is 0.412 e. The van der Waals surface area contributed by atoms with Gasteiger partial charge in [0.2, 0.25) is 11.8 Å². The molecule has 14 nitrogen and oxygen atoms in total. The lowest BCUT2D eigenvalue weighted by atomic mass is 9.96. The average Bonchev–Trinajstić information content (AvgIpc) is 4.06. The summed E-state index contributed by atoms with van der Waals surface area (Å²) >= 11 is 0. The summed E-state index contributed by atoms with van der Waals surface area (Å²) in [5.41, 5.74) is 5.55. The highest BCUT2D eigenvalue weighted by Gasteiger charge is 2.33. The first kappa shape index (κ1) is 52.0. The van der Waals surface area contributed by atoms with Crippen molar-refractivity contribution in [3.05, 3.63) is 143 Å². The van der Waals surface area contributed by atoms with Crippen LogP contribution in [-0.4, -0.2) is 72.5 Å². The number of hydrogen-bond donors (Lipinski definition) is 6. The van der Waals surface area contributed by atoms with Gasteiger partial charge in [-0.25, -0.2) is 9.59 Å². The molecule has 4 aromatic carbocycles. The third kappa shape index (κ3) is 16.1. The van der Waals surface area contributed by atoms with E-state index in [1.54, 1.807) is 52.0 Å². The minimum atomic E-state index is -0.661. The second-order valence-electron chi connectivity index (χ2n) is 17.5. The Morgan fingerprint density at radius 3 is 1.22 bits per heavy atom. The molecule has 6 atom stereocenters. The van der Waals surface area contributed by atoms with Gasteiger partial charge in [-0.15, -0.1) is 0 Å². The highest BCUT2D eigenvalue weighted by Crippen LogP contribution is 2.39. The van der Waals surface area contributed by atoms with Crippen LogP contribution < -0.4 is 21.3 Å². The van der Waals surface area contributed by atoms with Gasteiger partial charge in [0.1, 0.15) is 11.7 Å². The molecule has 2 fully saturated rings. The molecule has 0 heterocycles. The molecule has 2 aliphatic carbocycles. The van der Waals surface area contributed by atoms with Crippen molar-refractivity contribution in [3.8, 4) is 0 Å². The number of carbonyl (C=O) groups excluding carboxylic acids is 6. The quantitative estimate of drug-likeness (QED) is 0.0418. The normalized spacial score (nSPS) is 18.1. The van der Waals surface area contributed by atoms with E-state index in [0.717, 1.165) is 49.7 Å². The zero-order valence-corrected chi connectivity index (χ0v) is 39.6. The van der Waals surface area contributed by atoms with E-state index >= 15 is 0 Å². The van der Waals surface area contributed by atoms with Crippen LogP contribution in [0.2, 0.25) is 0 Å². The lowest BCUT2D eigenvalue weighted by molar-refractivity contribution is -0.129. The predicted octanol–water partition coefficient (Wildman–Crippen LogP) is 8.70. The highest BCUT2D eigenvalue weighted by atomic mass is 16.6. The summed E-state index contributed by atoms with van der Waals surface area (Å²) in [6.07, 6.45) is 5.71. The first-order valence-electron chi connectivity index (χ1n) is 23.7. The van der Waals surface area contributed by atoms with Crippen molar-refractivity contribution in [2.75, 3.05) is 13.2 Å². The summed E-state index contributed by atoms with van der Waals surface area (Å²) in [4.78, 5) is 73.5. The van der Waals surface area contributed by atoms with E-state index in [1.807, 2.05) is 60.7 Å². The van der Waals surface area contributed by atoms with Crippen molar-refractivity contribution in [1.82, 2.24) is 21.3 Å². The zero-order chi connectivity index (χ0) is 49.0. The molecule has 0 saturated heterocycles. The Morgan fingerprint density at radius 1 is 0.529 bits per heavy atom. The summed E-state index contributed by atoms with van der Waals surface area (Å²) in [7, 11) is 0. The van der Waals surface area contributed by atoms with E-state index in [9.17, 15) is 28.8 Å². The molecule has 360 valence electrons. The second-order valence-corrected chi connectivity index (χ2v) is 17.5. The number of carbonyl (C=O) groups is 6. The molecule has 0 bridgehead atoms. The molecule has 2 aliphatic rings. The molecule has 0 aliphatic heterocycles. The monoisotopic (exact) mass is 926 g/mol. The van der Waals surface area contributed by atoms with Crippen LogP contribution in [0.1, 0.15) is 124 Å². The van der Waals surface area contributed by atoms with Crippen molar-refractivity contribution >= 4 is 47.2 Å². The van der Waals surface area contributed by atoms with E-state index < -0.39 is 24.3 Å². The van der Waals surface area contributed by atoms with E-state index in [0.29, 0.717) is 48.6 Å². The van der Waals surface area contributed by atoms with Crippen LogP contribution >= 0.6 is 0 Å². The average molecular weight is 927 g/mol. The van der Waals surface area contributed by atoms with Crippen molar-refractivity contribution < 1.29 is 38.2 Å². The minimum Gasteiger partial charge on any atom is -0.450 e. The molecule has 0 spiro atoms. The van der Waals surface area contributed by atoms with Crippen LogP contribution in [0.4, 0.5) is 9.59 Å². The number of ketones is 2. The molecule has 14 heteroatoms. The molecule has 0 radical (unpaired) electrons. The van der Waals surface area contributed by atoms with Crippen molar-refractivity contribution in [3.63, 3.8) is 0 Å². The molecular formula is C54H66N6O8. The van der Waals surface area contributed by atoms with Crippen molar-refractivity contribution in [2.45, 2.75) is 116 Å². The Kier molecular flexibility index (Phi) is 20.2. The fraction of sp³-hybridized carbons (Fsp3) is 0.407. The van der Waals surface area contributed by atoms with Crippen LogP contribution in [0.25, 0.3) is 0 Å². The number of aryl methyl sites for hydroxylation is 2. The van der Waals surface area contributed by atoms with Gasteiger partial charge in [0, 0.05) is 35.8 Å². The van der Waals surface area contributed by atoms with Gasteiger partial charge >= 0.3 is 12.2 Å². The zero-order valence-electron chi connectivity index (χ0n) is 39.6. The molecule has 4 amide bonds. The van der Waals surface area contributed by atoms with Crippen molar-refractivity contribution in [2.24, 2.45) is 11.8 Å². The summed E-state index contributed by atoms with van der Waals surface area (Å²) in [6.45, 7) is 7.35. The maximum absolute atomic E-state index is 12.7. The first-order chi connectivity index (χ1) is 32.7. The van der Waals surface area contributed by atoms with Crippen LogP contribution in [-0.2, 0) is 41.5 Å². The number of amidine groups is 2. The minimum absolute atomic E-state index is 0.00764. The standard InChI is InChI=1S/2C27H33N3O4/c2*1-3-34-27(33)30-25(28)21-12-9-19(10-13-21)11-16-24(31)18(2)29-26(32)23-15-14-22(17-23)20-7-5-4-6-8-20/h2*4-10,12-13,18,22-23H,3,11,14-17H2,1-2H3,(H,29,32)(H2,28,30,33)/t2*18-,22+,23+/m00/s1. The van der Waals surface area contributed by atoms with Gasteiger partial charge in [-0.3, -0.25) is 40.6 Å². The van der Waals surface area contributed by atoms with Gasteiger partial charge < -0.3 is 20.1 Å². The maximum atomic E-state index is 12.7. The molecule has 0 unspecified atom stereocenters. The van der Waals surface area contributed by atoms with E-state index in [-0.39, 0.29) is 60.1 Å². The fourth-order valence-electron chi connectivity index (χ4n) is 8.65. The number of benzene rings is 4. The summed E-state index contributed by atoms with van der Waals surface area (Å²) < 4.78 is 9.54. The first-order valence-corrected chi connectivity index (χ1v) is 23.7. The van der Waals surface area contributed by atoms with Crippen molar-refractivity contribution in [1.29, 1.82) is 10.8 Å². The lowest BCUT2D eigenvalue weighted by Gasteiger charge is -2.17. The third-order valence-corrected chi connectivity index (χ3v) is 12.6. The molecule has 4 aromatic rings. The number of rotatable bonds is 18. The topological polar surface area (TPSA) is 217 Å². The predicted molar refractivity (Wildman–Crippen MR) is 262 cm³/mol. The van der Waals surface area contributed by atoms with Crippen LogP contribution in [0.3, 0.4) is 0 Å². The number of amides is 4. The number of Topliss-reactive ketones (excluding diaryl/α,β-unsaturated/α-hetero) is 2. The number of ether oxygens (including phenoxy) is 2. The Hall–Kier alpha value is -6.96. The van der Waals surface area contributed by atoms with Crippen LogP contribution in [0.15, 0.2) is 109 Å². The smallest absolute Gasteiger partial charge is 0.412 e. The lowest BCUT2D eigenvalue weighted by Crippen LogP contribution is -2.41. The van der Waals surface area contributed by atoms with Gasteiger partial charge in [-0.1, -0.05) is 109 Å². The van der Waals surface area contributed by atoms with E-state index in [1.165, 1.54) is 11.1 Å². The van der Waals surface area contributed by atoms with E-state index in [2.05, 4.69) is 45.5 Å². The second kappa shape index (κ2) is 26.4. The Labute approximate surface area is 399 Å². The largest absolute Gasteiger partial charge is 0.450 e. The highest BCUT2D eigenvalue weighted by molar-refractivity contribution is 6.05. The summed E-state index contributed by atoms with van der Waals surface area (Å²) in [6, 6.07) is 33.7. The third-order valence-electron chi connectivity index (χ3n) is 12.6. The van der Waals surface area contributed by atoms with Crippen LogP contribution in [0, 0.1) is 22.7 Å². The summed E-state index contributed by atoms with van der Waals surface area (Å²) in [5, 5.41) is 26.4. The fourth-order valence-corrected chi connectivity index (χ4v) is 8.65. The molecule has 68 heavy (non-hydrogen) atoms. The number of alkyl carbamates (subject to hydrolysis) is 2. The van der Waals surface area contributed by atoms with Gasteiger partial charge in [-0.2, -0.15) is 0 Å². The van der Waals surface area contributed by atoms with Gasteiger partial charge in [0.15, 0.2) is 11.6 Å².